The molecule has 1 atom stereocenters. The molecule has 1 amide bonds. The number of thiazole rings is 1. The molecule has 0 radical (unpaired) electrons. The van der Waals surface area contributed by atoms with Crippen LogP contribution in [0.4, 0.5) is 10.3 Å². The zero-order valence-electron chi connectivity index (χ0n) is 13.4. The second-order valence-electron chi connectivity index (χ2n) is 4.56. The highest BCUT2D eigenvalue weighted by Crippen LogP contribution is 2.30. The maximum atomic E-state index is 12.4. The van der Waals surface area contributed by atoms with Gasteiger partial charge in [0.25, 0.3) is 0 Å². The van der Waals surface area contributed by atoms with Crippen LogP contribution in [0, 0.1) is 6.92 Å². The molecule has 0 saturated heterocycles. The number of hydrogen-bond acceptors (Lipinski definition) is 10. The van der Waals surface area contributed by atoms with Gasteiger partial charge in [-0.15, -0.1) is 10.2 Å². The molecule has 0 aliphatic rings. The highest BCUT2D eigenvalue weighted by molar-refractivity contribution is 8.02. The number of aryl methyl sites for hydroxylation is 1. The van der Waals surface area contributed by atoms with E-state index in [0.717, 1.165) is 11.3 Å². The number of nitrogens with zero attached hydrogens (tertiary/aromatic N) is 3. The molecule has 2 aromatic rings. The number of carbonyl (C=O) groups is 2. The van der Waals surface area contributed by atoms with Gasteiger partial charge in [0.1, 0.15) is 4.88 Å². The maximum absolute atomic E-state index is 12.4. The number of aromatic nitrogens is 3. The van der Waals surface area contributed by atoms with Crippen molar-refractivity contribution in [3.63, 3.8) is 0 Å². The second kappa shape index (κ2) is 8.40. The molecular formula is C13H17N5O3S3. The van der Waals surface area contributed by atoms with Crippen LogP contribution in [-0.2, 0) is 9.53 Å². The van der Waals surface area contributed by atoms with Crippen molar-refractivity contribution in [2.24, 2.45) is 0 Å². The monoisotopic (exact) mass is 387 g/mol. The standard InChI is InChI=1S/C13H17N5O3S3/c1-4-7(22-13-18-17-11(14)24-13)9(19)16-12-15-6(3)8(23-12)10(20)21-5-2/h7H,4-5H2,1-3H3,(H2,14,17)(H,15,16,19). The molecule has 1 unspecified atom stereocenters. The zero-order chi connectivity index (χ0) is 17.7. The lowest BCUT2D eigenvalue weighted by Gasteiger charge is -2.11. The summed E-state index contributed by atoms with van der Waals surface area (Å²) in [5.41, 5.74) is 6.08. The lowest BCUT2D eigenvalue weighted by Crippen LogP contribution is -2.24. The third-order valence-corrected chi connectivity index (χ3v) is 6.07. The highest BCUT2D eigenvalue weighted by atomic mass is 32.2. The number of nitrogen functional groups attached to an aromatic ring is 1. The predicted octanol–water partition coefficient (Wildman–Crippen LogP) is 2.57. The van der Waals surface area contributed by atoms with Gasteiger partial charge in [-0.05, 0) is 20.3 Å². The number of rotatable bonds is 7. The molecule has 0 saturated carbocycles. The van der Waals surface area contributed by atoms with Crippen LogP contribution in [0.3, 0.4) is 0 Å². The van der Waals surface area contributed by atoms with Crippen molar-refractivity contribution in [3.05, 3.63) is 10.6 Å². The maximum Gasteiger partial charge on any atom is 0.350 e. The van der Waals surface area contributed by atoms with Crippen LogP contribution in [0.15, 0.2) is 4.34 Å². The van der Waals surface area contributed by atoms with Gasteiger partial charge in [-0.3, -0.25) is 4.79 Å². The quantitative estimate of drug-likeness (QED) is 0.549. The first-order valence-corrected chi connectivity index (χ1v) is 9.66. The third kappa shape index (κ3) is 4.65. The predicted molar refractivity (Wildman–Crippen MR) is 95.7 cm³/mol. The Bertz CT molecular complexity index is 730. The van der Waals surface area contributed by atoms with Gasteiger partial charge >= 0.3 is 5.97 Å². The van der Waals surface area contributed by atoms with Gasteiger partial charge in [-0.2, -0.15) is 0 Å². The molecule has 0 spiro atoms. The molecule has 8 nitrogen and oxygen atoms in total. The Morgan fingerprint density at radius 1 is 1.33 bits per heavy atom. The zero-order valence-corrected chi connectivity index (χ0v) is 15.8. The van der Waals surface area contributed by atoms with Crippen molar-refractivity contribution < 1.29 is 14.3 Å². The minimum atomic E-state index is -0.432. The van der Waals surface area contributed by atoms with Crippen LogP contribution in [0.2, 0.25) is 0 Å². The number of anilines is 2. The first-order chi connectivity index (χ1) is 11.4. The van der Waals surface area contributed by atoms with E-state index < -0.39 is 5.97 Å². The Morgan fingerprint density at radius 2 is 2.08 bits per heavy atom. The molecule has 0 aromatic carbocycles. The largest absolute Gasteiger partial charge is 0.462 e. The molecule has 24 heavy (non-hydrogen) atoms. The second-order valence-corrected chi connectivity index (χ2v) is 8.02. The van der Waals surface area contributed by atoms with E-state index >= 15 is 0 Å². The Kier molecular flexibility index (Phi) is 6.52. The van der Waals surface area contributed by atoms with Gasteiger partial charge in [0.15, 0.2) is 9.47 Å². The molecule has 0 bridgehead atoms. The number of carbonyl (C=O) groups excluding carboxylic acids is 2. The van der Waals surface area contributed by atoms with Crippen LogP contribution >= 0.6 is 34.4 Å². The van der Waals surface area contributed by atoms with Crippen molar-refractivity contribution >= 4 is 56.6 Å². The summed E-state index contributed by atoms with van der Waals surface area (Å²) in [5, 5.41) is 10.8. The number of thioether (sulfide) groups is 1. The molecule has 130 valence electrons. The fourth-order valence-corrected chi connectivity index (χ4v) is 4.40. The van der Waals surface area contributed by atoms with Crippen LogP contribution in [0.5, 0.6) is 0 Å². The van der Waals surface area contributed by atoms with Gasteiger partial charge in [0, 0.05) is 0 Å². The molecule has 0 aliphatic heterocycles. The van der Waals surface area contributed by atoms with Crippen LogP contribution in [0.25, 0.3) is 0 Å². The average Bonchev–Trinajstić information content (AvgIpc) is 3.10. The Balaban J connectivity index is 2.04. The molecule has 2 rings (SSSR count). The van der Waals surface area contributed by atoms with Gasteiger partial charge in [-0.25, -0.2) is 9.78 Å². The topological polar surface area (TPSA) is 120 Å². The number of amides is 1. The van der Waals surface area contributed by atoms with E-state index in [0.29, 0.717) is 31.6 Å². The van der Waals surface area contributed by atoms with Gasteiger partial charge in [0.05, 0.1) is 17.6 Å². The highest BCUT2D eigenvalue weighted by Gasteiger charge is 2.23. The molecular weight excluding hydrogens is 370 g/mol. The van der Waals surface area contributed by atoms with Crippen molar-refractivity contribution in [2.45, 2.75) is 36.8 Å². The van der Waals surface area contributed by atoms with E-state index in [1.807, 2.05) is 6.92 Å². The summed E-state index contributed by atoms with van der Waals surface area (Å²) >= 11 is 3.64. The van der Waals surface area contributed by atoms with E-state index in [-0.39, 0.29) is 17.8 Å². The Labute approximate surface area is 151 Å². The van der Waals surface area contributed by atoms with Crippen LogP contribution in [-0.4, -0.2) is 38.9 Å². The number of hydrogen-bond donors (Lipinski definition) is 2. The smallest absolute Gasteiger partial charge is 0.350 e. The van der Waals surface area contributed by atoms with E-state index in [1.54, 1.807) is 13.8 Å². The summed E-state index contributed by atoms with van der Waals surface area (Å²) in [4.78, 5) is 28.8. The fourth-order valence-electron chi connectivity index (χ4n) is 1.73. The molecule has 0 fully saturated rings. The average molecular weight is 388 g/mol. The molecule has 0 aliphatic carbocycles. The van der Waals surface area contributed by atoms with Gasteiger partial charge in [-0.1, -0.05) is 41.4 Å². The summed E-state index contributed by atoms with van der Waals surface area (Å²) < 4.78 is 5.60. The van der Waals surface area contributed by atoms with Crippen LogP contribution < -0.4 is 11.1 Å². The molecule has 3 N–H and O–H groups in total. The number of esters is 1. The summed E-state index contributed by atoms with van der Waals surface area (Å²) in [7, 11) is 0. The third-order valence-electron chi connectivity index (χ3n) is 2.82. The number of nitrogens with one attached hydrogen (secondary N) is 1. The van der Waals surface area contributed by atoms with Crippen molar-refractivity contribution in [1.29, 1.82) is 0 Å². The Hall–Kier alpha value is -1.72. The lowest BCUT2D eigenvalue weighted by atomic mass is 10.3. The first kappa shape index (κ1) is 18.6. The first-order valence-electron chi connectivity index (χ1n) is 7.15. The molecule has 11 heteroatoms. The van der Waals surface area contributed by atoms with E-state index in [4.69, 9.17) is 10.5 Å². The van der Waals surface area contributed by atoms with E-state index in [2.05, 4.69) is 20.5 Å². The number of nitrogens with two attached hydrogens (primary N) is 1. The number of ether oxygens (including phenoxy) is 1. The van der Waals surface area contributed by atoms with E-state index in [1.165, 1.54) is 23.1 Å². The minimum absolute atomic E-state index is 0.208. The summed E-state index contributed by atoms with van der Waals surface area (Å²) in [6.07, 6.45) is 0.602. The van der Waals surface area contributed by atoms with E-state index in [9.17, 15) is 9.59 Å². The van der Waals surface area contributed by atoms with Crippen molar-refractivity contribution in [3.8, 4) is 0 Å². The van der Waals surface area contributed by atoms with Gasteiger partial charge in [0.2, 0.25) is 11.0 Å². The molecule has 2 heterocycles. The van der Waals surface area contributed by atoms with Gasteiger partial charge < -0.3 is 15.8 Å². The SMILES string of the molecule is CCOC(=O)c1sc(NC(=O)C(CC)Sc2nnc(N)s2)nc1C. The van der Waals surface area contributed by atoms with Crippen LogP contribution in [0.1, 0.15) is 35.6 Å². The Morgan fingerprint density at radius 3 is 2.67 bits per heavy atom. The minimum Gasteiger partial charge on any atom is -0.462 e. The fraction of sp³-hybridized carbons (Fsp3) is 0.462. The van der Waals surface area contributed by atoms with Crippen molar-refractivity contribution in [1.82, 2.24) is 15.2 Å². The molecule has 2 aromatic heterocycles. The summed E-state index contributed by atoms with van der Waals surface area (Å²) in [6.45, 7) is 5.63. The summed E-state index contributed by atoms with van der Waals surface area (Å²) in [6, 6.07) is 0. The van der Waals surface area contributed by atoms with Crippen molar-refractivity contribution in [2.75, 3.05) is 17.7 Å². The lowest BCUT2D eigenvalue weighted by molar-refractivity contribution is -0.115. The summed E-state index contributed by atoms with van der Waals surface area (Å²) in [5.74, 6) is -0.640. The normalized spacial score (nSPS) is 12.0.